The van der Waals surface area contributed by atoms with Crippen molar-refractivity contribution in [2.24, 2.45) is 5.92 Å². The average Bonchev–Trinajstić information content (AvgIpc) is 2.28. The Bertz CT molecular complexity index is 395. The molecule has 0 saturated heterocycles. The van der Waals surface area contributed by atoms with E-state index < -0.39 is 0 Å². The van der Waals surface area contributed by atoms with Crippen LogP contribution in [0.4, 0.5) is 5.69 Å². The maximum atomic E-state index is 12.0. The van der Waals surface area contributed by atoms with Gasteiger partial charge in [0.2, 0.25) is 5.91 Å². The van der Waals surface area contributed by atoms with Crippen molar-refractivity contribution in [2.45, 2.75) is 13.3 Å². The van der Waals surface area contributed by atoms with E-state index in [-0.39, 0.29) is 18.3 Å². The molecule has 94 valence electrons. The third-order valence-corrected chi connectivity index (χ3v) is 2.97. The Hall–Kier alpha value is -1.06. The quantitative estimate of drug-likeness (QED) is 0.874. The number of para-hydroxylation sites is 1. The number of carbonyl (C=O) groups excluding carboxylic acids is 1. The molecular formula is C13H19ClN2O. The number of fused-ring (bicyclic) bond motifs is 1. The molecule has 0 fully saturated rings. The highest BCUT2D eigenvalue weighted by Crippen LogP contribution is 2.29. The molecule has 17 heavy (non-hydrogen) atoms. The molecule has 4 heteroatoms. The molecule has 0 aliphatic carbocycles. The molecule has 1 atom stereocenters. The van der Waals surface area contributed by atoms with E-state index in [2.05, 4.69) is 18.3 Å². The standard InChI is InChI=1S/C13H18N2O.ClH/c1-10-7-11-5-3-4-6-12(11)15(9-10)13(16)8-14-2;/h3-6,10,14H,7-9H2,1-2H3;1H. The molecule has 0 bridgehead atoms. The van der Waals surface area contributed by atoms with Crippen LogP contribution < -0.4 is 10.2 Å². The highest BCUT2D eigenvalue weighted by Gasteiger charge is 2.25. The zero-order valence-corrected chi connectivity index (χ0v) is 11.1. The zero-order chi connectivity index (χ0) is 11.5. The summed E-state index contributed by atoms with van der Waals surface area (Å²) in [6, 6.07) is 8.19. The number of rotatable bonds is 2. The number of benzene rings is 1. The first-order valence-electron chi connectivity index (χ1n) is 5.75. The highest BCUT2D eigenvalue weighted by atomic mass is 35.5. The molecule has 1 aliphatic heterocycles. The maximum Gasteiger partial charge on any atom is 0.240 e. The molecule has 0 spiro atoms. The number of hydrogen-bond donors (Lipinski definition) is 1. The van der Waals surface area contributed by atoms with Crippen LogP contribution in [0.5, 0.6) is 0 Å². The lowest BCUT2D eigenvalue weighted by Gasteiger charge is -2.33. The Morgan fingerprint density at radius 2 is 2.18 bits per heavy atom. The summed E-state index contributed by atoms with van der Waals surface area (Å²) in [5.41, 5.74) is 2.37. The first-order valence-corrected chi connectivity index (χ1v) is 5.75. The number of likely N-dealkylation sites (N-methyl/N-ethyl adjacent to an activating group) is 1. The van der Waals surface area contributed by atoms with E-state index in [4.69, 9.17) is 0 Å². The smallest absolute Gasteiger partial charge is 0.240 e. The van der Waals surface area contributed by atoms with Crippen LogP contribution in [0, 0.1) is 5.92 Å². The number of nitrogens with one attached hydrogen (secondary N) is 1. The van der Waals surface area contributed by atoms with Crippen LogP contribution in [-0.4, -0.2) is 26.0 Å². The topological polar surface area (TPSA) is 32.3 Å². The summed E-state index contributed by atoms with van der Waals surface area (Å²) in [7, 11) is 1.80. The third-order valence-electron chi connectivity index (χ3n) is 2.97. The Morgan fingerprint density at radius 3 is 2.88 bits per heavy atom. The minimum atomic E-state index is 0. The zero-order valence-electron chi connectivity index (χ0n) is 10.3. The number of hydrogen-bond acceptors (Lipinski definition) is 2. The molecule has 0 aromatic heterocycles. The lowest BCUT2D eigenvalue weighted by molar-refractivity contribution is -0.117. The lowest BCUT2D eigenvalue weighted by atomic mass is 9.94. The van der Waals surface area contributed by atoms with Gasteiger partial charge in [-0.1, -0.05) is 25.1 Å². The summed E-state index contributed by atoms with van der Waals surface area (Å²) in [4.78, 5) is 13.9. The molecule has 2 rings (SSSR count). The van der Waals surface area contributed by atoms with Crippen LogP contribution >= 0.6 is 12.4 Å². The fourth-order valence-electron chi connectivity index (χ4n) is 2.28. The number of nitrogens with zero attached hydrogens (tertiary/aromatic N) is 1. The van der Waals surface area contributed by atoms with E-state index in [9.17, 15) is 4.79 Å². The first-order chi connectivity index (χ1) is 7.72. The molecule has 1 N–H and O–H groups in total. The van der Waals surface area contributed by atoms with E-state index in [0.717, 1.165) is 18.7 Å². The van der Waals surface area contributed by atoms with Gasteiger partial charge in [0.25, 0.3) is 0 Å². The van der Waals surface area contributed by atoms with Crippen LogP contribution in [0.1, 0.15) is 12.5 Å². The summed E-state index contributed by atoms with van der Waals surface area (Å²) in [5, 5.41) is 2.92. The largest absolute Gasteiger partial charge is 0.311 e. The Labute approximate surface area is 109 Å². The highest BCUT2D eigenvalue weighted by molar-refractivity contribution is 5.96. The van der Waals surface area contributed by atoms with Crippen molar-refractivity contribution in [1.82, 2.24) is 5.32 Å². The van der Waals surface area contributed by atoms with Crippen LogP contribution in [0.2, 0.25) is 0 Å². The number of amides is 1. The second-order valence-electron chi connectivity index (χ2n) is 4.47. The second kappa shape index (κ2) is 6.03. The van der Waals surface area contributed by atoms with E-state index >= 15 is 0 Å². The van der Waals surface area contributed by atoms with E-state index in [1.54, 1.807) is 7.05 Å². The molecule has 3 nitrogen and oxygen atoms in total. The number of halogens is 1. The van der Waals surface area contributed by atoms with Crippen molar-refractivity contribution in [1.29, 1.82) is 0 Å². The van der Waals surface area contributed by atoms with Gasteiger partial charge >= 0.3 is 0 Å². The van der Waals surface area contributed by atoms with Crippen molar-refractivity contribution in [3.05, 3.63) is 29.8 Å². The predicted molar refractivity (Wildman–Crippen MR) is 72.8 cm³/mol. The van der Waals surface area contributed by atoms with Gasteiger partial charge < -0.3 is 10.2 Å². The van der Waals surface area contributed by atoms with Crippen LogP contribution in [0.15, 0.2) is 24.3 Å². The summed E-state index contributed by atoms with van der Waals surface area (Å²) >= 11 is 0. The minimum Gasteiger partial charge on any atom is -0.311 e. The predicted octanol–water partition coefficient (Wildman–Crippen LogP) is 1.85. The molecular weight excluding hydrogens is 236 g/mol. The van der Waals surface area contributed by atoms with Crippen molar-refractivity contribution in [3.8, 4) is 0 Å². The Morgan fingerprint density at radius 1 is 1.47 bits per heavy atom. The fraction of sp³-hybridized carbons (Fsp3) is 0.462. The molecule has 0 saturated carbocycles. The average molecular weight is 255 g/mol. The first kappa shape index (κ1) is 14.0. The number of carbonyl (C=O) groups is 1. The Kier molecular flexibility index (Phi) is 4.97. The fourth-order valence-corrected chi connectivity index (χ4v) is 2.28. The normalized spacial score (nSPS) is 18.2. The second-order valence-corrected chi connectivity index (χ2v) is 4.47. The Balaban J connectivity index is 0.00000144. The molecule has 1 unspecified atom stereocenters. The van der Waals surface area contributed by atoms with Gasteiger partial charge in [-0.15, -0.1) is 12.4 Å². The van der Waals surface area contributed by atoms with Gasteiger partial charge in [-0.2, -0.15) is 0 Å². The van der Waals surface area contributed by atoms with E-state index in [1.807, 2.05) is 23.1 Å². The van der Waals surface area contributed by atoms with Crippen LogP contribution in [-0.2, 0) is 11.2 Å². The van der Waals surface area contributed by atoms with Gasteiger partial charge in [-0.3, -0.25) is 4.79 Å². The van der Waals surface area contributed by atoms with Gasteiger partial charge in [0, 0.05) is 12.2 Å². The van der Waals surface area contributed by atoms with Crippen molar-refractivity contribution in [3.63, 3.8) is 0 Å². The lowest BCUT2D eigenvalue weighted by Crippen LogP contribution is -2.43. The van der Waals surface area contributed by atoms with Crippen LogP contribution in [0.25, 0.3) is 0 Å². The number of anilines is 1. The van der Waals surface area contributed by atoms with Crippen LogP contribution in [0.3, 0.4) is 0 Å². The van der Waals surface area contributed by atoms with E-state index in [0.29, 0.717) is 12.5 Å². The third kappa shape index (κ3) is 2.99. The molecule has 1 heterocycles. The molecule has 1 amide bonds. The molecule has 1 aliphatic rings. The van der Waals surface area contributed by atoms with Crippen molar-refractivity contribution in [2.75, 3.05) is 25.0 Å². The molecule has 1 aromatic rings. The SMILES string of the molecule is CNCC(=O)N1CC(C)Cc2ccccc21.Cl. The van der Waals surface area contributed by atoms with Gasteiger partial charge in [0.1, 0.15) is 0 Å². The monoisotopic (exact) mass is 254 g/mol. The summed E-state index contributed by atoms with van der Waals surface area (Å²) in [5.74, 6) is 0.692. The van der Waals surface area contributed by atoms with E-state index in [1.165, 1.54) is 5.56 Å². The van der Waals surface area contributed by atoms with Crippen molar-refractivity contribution >= 4 is 24.0 Å². The minimum absolute atomic E-state index is 0. The van der Waals surface area contributed by atoms with Gasteiger partial charge in [0.15, 0.2) is 0 Å². The summed E-state index contributed by atoms with van der Waals surface area (Å²) in [6.45, 7) is 3.42. The molecule has 1 aromatic carbocycles. The van der Waals surface area contributed by atoms with Gasteiger partial charge in [0.05, 0.1) is 6.54 Å². The van der Waals surface area contributed by atoms with Gasteiger partial charge in [-0.25, -0.2) is 0 Å². The summed E-state index contributed by atoms with van der Waals surface area (Å²) < 4.78 is 0. The maximum absolute atomic E-state index is 12.0. The summed E-state index contributed by atoms with van der Waals surface area (Å²) in [6.07, 6.45) is 1.07. The molecule has 0 radical (unpaired) electrons. The van der Waals surface area contributed by atoms with Gasteiger partial charge in [-0.05, 0) is 31.0 Å². The van der Waals surface area contributed by atoms with Crippen molar-refractivity contribution < 1.29 is 4.79 Å².